The Labute approximate surface area is 128 Å². The predicted octanol–water partition coefficient (Wildman–Crippen LogP) is 5.31. The lowest BCUT2D eigenvalue weighted by atomic mass is 10.2. The van der Waals surface area contributed by atoms with Gasteiger partial charge < -0.3 is 14.5 Å². The Morgan fingerprint density at radius 1 is 1.30 bits per heavy atom. The van der Waals surface area contributed by atoms with E-state index in [0.717, 1.165) is 34.9 Å². The molecule has 108 valence electrons. The Bertz CT molecular complexity index is 565. The van der Waals surface area contributed by atoms with Crippen molar-refractivity contribution < 1.29 is 9.15 Å². The van der Waals surface area contributed by atoms with E-state index in [2.05, 4.69) is 60.2 Å². The highest BCUT2D eigenvalue weighted by molar-refractivity contribution is 9.10. The molecule has 2 aromatic rings. The van der Waals surface area contributed by atoms with Crippen LogP contribution in [-0.2, 0) is 0 Å². The molecule has 0 fully saturated rings. The molecule has 0 saturated heterocycles. The summed E-state index contributed by atoms with van der Waals surface area (Å²) in [6.07, 6.45) is 0.994. The maximum absolute atomic E-state index is 5.81. The van der Waals surface area contributed by atoms with Crippen LogP contribution in [0.5, 0.6) is 5.75 Å². The SMILES string of the molecule is CCCOc1cc(C)ccc1NC(C)c1ccc(Br)o1. The van der Waals surface area contributed by atoms with Crippen molar-refractivity contribution in [3.8, 4) is 5.75 Å². The molecule has 3 nitrogen and oxygen atoms in total. The molecular formula is C16H20BrNO2. The van der Waals surface area contributed by atoms with E-state index in [0.29, 0.717) is 0 Å². The van der Waals surface area contributed by atoms with Crippen molar-refractivity contribution in [2.45, 2.75) is 33.2 Å². The van der Waals surface area contributed by atoms with Gasteiger partial charge in [-0.25, -0.2) is 0 Å². The Morgan fingerprint density at radius 2 is 2.10 bits per heavy atom. The summed E-state index contributed by atoms with van der Waals surface area (Å²) in [4.78, 5) is 0. The molecule has 0 amide bonds. The van der Waals surface area contributed by atoms with Gasteiger partial charge >= 0.3 is 0 Å². The summed E-state index contributed by atoms with van der Waals surface area (Å²) >= 11 is 3.32. The van der Waals surface area contributed by atoms with Crippen LogP contribution < -0.4 is 10.1 Å². The number of ether oxygens (including phenoxy) is 1. The number of anilines is 1. The van der Waals surface area contributed by atoms with E-state index in [9.17, 15) is 0 Å². The van der Waals surface area contributed by atoms with Crippen molar-refractivity contribution in [1.82, 2.24) is 0 Å². The molecule has 0 saturated carbocycles. The fourth-order valence-corrected chi connectivity index (χ4v) is 2.26. The van der Waals surface area contributed by atoms with Crippen LogP contribution in [0.15, 0.2) is 39.4 Å². The number of furan rings is 1. The molecule has 4 heteroatoms. The summed E-state index contributed by atoms with van der Waals surface area (Å²) < 4.78 is 12.1. The lowest BCUT2D eigenvalue weighted by Crippen LogP contribution is -2.08. The molecule has 0 aliphatic heterocycles. The average Bonchev–Trinajstić information content (AvgIpc) is 2.85. The van der Waals surface area contributed by atoms with Crippen molar-refractivity contribution in [3.05, 3.63) is 46.3 Å². The number of aryl methyl sites for hydroxylation is 1. The van der Waals surface area contributed by atoms with Crippen LogP contribution >= 0.6 is 15.9 Å². The number of hydrogen-bond donors (Lipinski definition) is 1. The van der Waals surface area contributed by atoms with E-state index in [4.69, 9.17) is 9.15 Å². The van der Waals surface area contributed by atoms with Crippen molar-refractivity contribution in [2.75, 3.05) is 11.9 Å². The third-order valence-corrected chi connectivity index (χ3v) is 3.42. The van der Waals surface area contributed by atoms with Crippen LogP contribution in [0.25, 0.3) is 0 Å². The lowest BCUT2D eigenvalue weighted by Gasteiger charge is -2.17. The van der Waals surface area contributed by atoms with E-state index in [1.807, 2.05) is 12.1 Å². The van der Waals surface area contributed by atoms with E-state index in [1.165, 1.54) is 5.56 Å². The molecule has 1 unspecified atom stereocenters. The molecule has 0 spiro atoms. The Morgan fingerprint density at radius 3 is 2.75 bits per heavy atom. The molecule has 1 aromatic heterocycles. The summed E-state index contributed by atoms with van der Waals surface area (Å²) in [7, 11) is 0. The number of rotatable bonds is 6. The topological polar surface area (TPSA) is 34.4 Å². The van der Waals surface area contributed by atoms with Crippen LogP contribution in [0.2, 0.25) is 0 Å². The molecular weight excluding hydrogens is 318 g/mol. The number of nitrogens with one attached hydrogen (secondary N) is 1. The average molecular weight is 338 g/mol. The van der Waals surface area contributed by atoms with Gasteiger partial charge in [0.2, 0.25) is 0 Å². The third-order valence-electron chi connectivity index (χ3n) is 2.99. The first kappa shape index (κ1) is 15.0. The second kappa shape index (κ2) is 6.84. The molecule has 0 aliphatic rings. The minimum atomic E-state index is 0.0768. The second-order valence-corrected chi connectivity index (χ2v) is 5.64. The first-order chi connectivity index (χ1) is 9.60. The molecule has 0 radical (unpaired) electrons. The second-order valence-electron chi connectivity index (χ2n) is 4.86. The first-order valence-electron chi connectivity index (χ1n) is 6.85. The summed E-state index contributed by atoms with van der Waals surface area (Å²) in [5, 5.41) is 3.44. The molecule has 1 aromatic carbocycles. The first-order valence-corrected chi connectivity index (χ1v) is 7.64. The van der Waals surface area contributed by atoms with Crippen LogP contribution in [0.3, 0.4) is 0 Å². The smallest absolute Gasteiger partial charge is 0.169 e. The summed E-state index contributed by atoms with van der Waals surface area (Å²) in [5.41, 5.74) is 2.18. The fourth-order valence-electron chi connectivity index (χ4n) is 1.95. The molecule has 20 heavy (non-hydrogen) atoms. The van der Waals surface area contributed by atoms with Gasteiger partial charge in [0.05, 0.1) is 18.3 Å². The Kier molecular flexibility index (Phi) is 5.12. The highest BCUT2D eigenvalue weighted by atomic mass is 79.9. The quantitative estimate of drug-likeness (QED) is 0.775. The maximum atomic E-state index is 5.81. The van der Waals surface area contributed by atoms with E-state index >= 15 is 0 Å². The molecule has 1 heterocycles. The summed E-state index contributed by atoms with van der Waals surface area (Å²) in [5.74, 6) is 1.78. The highest BCUT2D eigenvalue weighted by Gasteiger charge is 2.12. The number of hydrogen-bond acceptors (Lipinski definition) is 3. The lowest BCUT2D eigenvalue weighted by molar-refractivity contribution is 0.318. The highest BCUT2D eigenvalue weighted by Crippen LogP contribution is 2.30. The summed E-state index contributed by atoms with van der Waals surface area (Å²) in [6, 6.07) is 10.1. The summed E-state index contributed by atoms with van der Waals surface area (Å²) in [6.45, 7) is 6.95. The van der Waals surface area contributed by atoms with Gasteiger partial charge in [0, 0.05) is 0 Å². The molecule has 1 atom stereocenters. The van der Waals surface area contributed by atoms with Crippen LogP contribution in [0, 0.1) is 6.92 Å². The van der Waals surface area contributed by atoms with Crippen LogP contribution in [0.4, 0.5) is 5.69 Å². The van der Waals surface area contributed by atoms with Crippen molar-refractivity contribution >= 4 is 21.6 Å². The van der Waals surface area contributed by atoms with Crippen molar-refractivity contribution in [1.29, 1.82) is 0 Å². The van der Waals surface area contributed by atoms with Gasteiger partial charge in [-0.2, -0.15) is 0 Å². The van der Waals surface area contributed by atoms with Gasteiger partial charge in [0.25, 0.3) is 0 Å². The van der Waals surface area contributed by atoms with Gasteiger partial charge in [0.15, 0.2) is 4.67 Å². The van der Waals surface area contributed by atoms with E-state index in [-0.39, 0.29) is 6.04 Å². The minimum Gasteiger partial charge on any atom is -0.491 e. The van der Waals surface area contributed by atoms with Crippen molar-refractivity contribution in [3.63, 3.8) is 0 Å². The van der Waals surface area contributed by atoms with Crippen molar-refractivity contribution in [2.24, 2.45) is 0 Å². The van der Waals surface area contributed by atoms with Gasteiger partial charge in [-0.15, -0.1) is 0 Å². The predicted molar refractivity (Wildman–Crippen MR) is 85.4 cm³/mol. The number of halogens is 1. The zero-order valence-electron chi connectivity index (χ0n) is 12.1. The Hall–Kier alpha value is -1.42. The van der Waals surface area contributed by atoms with E-state index < -0.39 is 0 Å². The Balaban J connectivity index is 2.15. The van der Waals surface area contributed by atoms with Gasteiger partial charge in [-0.1, -0.05) is 13.0 Å². The third kappa shape index (κ3) is 3.79. The normalized spacial score (nSPS) is 12.2. The molecule has 0 bridgehead atoms. The van der Waals surface area contributed by atoms with Crippen LogP contribution in [0.1, 0.15) is 37.6 Å². The number of benzene rings is 1. The van der Waals surface area contributed by atoms with Gasteiger partial charge in [-0.05, 0) is 66.0 Å². The van der Waals surface area contributed by atoms with Gasteiger partial charge in [-0.3, -0.25) is 0 Å². The largest absolute Gasteiger partial charge is 0.491 e. The molecule has 1 N–H and O–H groups in total. The minimum absolute atomic E-state index is 0.0768. The maximum Gasteiger partial charge on any atom is 0.169 e. The van der Waals surface area contributed by atoms with E-state index in [1.54, 1.807) is 0 Å². The molecule has 0 aliphatic carbocycles. The zero-order chi connectivity index (χ0) is 14.5. The fraction of sp³-hybridized carbons (Fsp3) is 0.375. The van der Waals surface area contributed by atoms with Gasteiger partial charge in [0.1, 0.15) is 11.5 Å². The molecule has 2 rings (SSSR count). The monoisotopic (exact) mass is 337 g/mol. The van der Waals surface area contributed by atoms with Crippen LogP contribution in [-0.4, -0.2) is 6.61 Å². The standard InChI is InChI=1S/C16H20BrNO2/c1-4-9-19-15-10-11(2)5-6-13(15)18-12(3)14-7-8-16(17)20-14/h5-8,10,12,18H,4,9H2,1-3H3. The zero-order valence-corrected chi connectivity index (χ0v) is 13.7.